The minimum atomic E-state index is 0.246. The van der Waals surface area contributed by atoms with Crippen LogP contribution in [-0.4, -0.2) is 38.3 Å². The van der Waals surface area contributed by atoms with Crippen molar-refractivity contribution in [3.05, 3.63) is 36.8 Å². The lowest BCUT2D eigenvalue weighted by molar-refractivity contribution is 0.120. The Kier molecular flexibility index (Phi) is 4.36. The topological polar surface area (TPSA) is 73.1 Å². The number of hydrogen-bond acceptors (Lipinski definition) is 5. The number of benzene rings is 1. The van der Waals surface area contributed by atoms with Crippen molar-refractivity contribution in [2.45, 2.75) is 31.7 Å². The molecule has 0 saturated heterocycles. The molecule has 0 bridgehead atoms. The maximum absolute atomic E-state index is 9.46. The summed E-state index contributed by atoms with van der Waals surface area (Å²) in [5.41, 5.74) is 3.24. The van der Waals surface area contributed by atoms with Gasteiger partial charge in [0.1, 0.15) is 5.75 Å². The molecule has 4 rings (SSSR count). The molecule has 0 amide bonds. The van der Waals surface area contributed by atoms with Crippen LogP contribution >= 0.6 is 0 Å². The van der Waals surface area contributed by atoms with Crippen LogP contribution in [0.3, 0.4) is 0 Å². The van der Waals surface area contributed by atoms with Crippen molar-refractivity contribution >= 4 is 11.3 Å². The summed E-state index contributed by atoms with van der Waals surface area (Å²) in [5.74, 6) is 0.908. The van der Waals surface area contributed by atoms with E-state index in [0.717, 1.165) is 36.4 Å². The highest BCUT2D eigenvalue weighted by Gasteiger charge is 2.24. The Balaban J connectivity index is 1.62. The molecule has 1 saturated carbocycles. The number of hydrogen-bond donors (Lipinski definition) is 1. The summed E-state index contributed by atoms with van der Waals surface area (Å²) >= 11 is 0. The van der Waals surface area contributed by atoms with E-state index >= 15 is 0 Å². The Morgan fingerprint density at radius 1 is 1.12 bits per heavy atom. The zero-order chi connectivity index (χ0) is 17.2. The van der Waals surface area contributed by atoms with E-state index in [1.165, 1.54) is 12.8 Å². The van der Waals surface area contributed by atoms with Gasteiger partial charge in [-0.25, -0.2) is 15.0 Å². The van der Waals surface area contributed by atoms with Gasteiger partial charge in [0.2, 0.25) is 0 Å². The molecule has 1 aliphatic rings. The summed E-state index contributed by atoms with van der Waals surface area (Å²) < 4.78 is 7.47. The molecule has 0 spiro atoms. The lowest BCUT2D eigenvalue weighted by Crippen LogP contribution is -2.20. The van der Waals surface area contributed by atoms with Gasteiger partial charge in [0.15, 0.2) is 11.3 Å². The van der Waals surface area contributed by atoms with Gasteiger partial charge in [0, 0.05) is 25.3 Å². The summed E-state index contributed by atoms with van der Waals surface area (Å²) in [6.45, 7) is 0.849. The van der Waals surface area contributed by atoms with Crippen LogP contribution in [0.5, 0.6) is 5.75 Å². The van der Waals surface area contributed by atoms with Crippen LogP contribution in [0.4, 0.5) is 0 Å². The van der Waals surface area contributed by atoms with E-state index in [2.05, 4.69) is 14.5 Å². The summed E-state index contributed by atoms with van der Waals surface area (Å²) in [7, 11) is 1.77. The van der Waals surface area contributed by atoms with Crippen LogP contribution in [0.1, 0.15) is 31.7 Å². The molecule has 3 aromatic rings. The largest absolute Gasteiger partial charge is 0.508 e. The van der Waals surface area contributed by atoms with Crippen molar-refractivity contribution in [2.75, 3.05) is 13.7 Å². The second kappa shape index (κ2) is 6.80. The molecule has 1 N–H and O–H groups in total. The molecular formula is C19H22N4O2. The molecule has 0 unspecified atom stereocenters. The zero-order valence-electron chi connectivity index (χ0n) is 14.3. The quantitative estimate of drug-likeness (QED) is 0.787. The highest BCUT2D eigenvalue weighted by molar-refractivity contribution is 5.71. The fraction of sp³-hybridized carbons (Fsp3) is 0.421. The Hall–Kier alpha value is -2.47. The predicted octanol–water partition coefficient (Wildman–Crippen LogP) is 3.58. The van der Waals surface area contributed by atoms with E-state index in [1.807, 2.05) is 18.5 Å². The third kappa shape index (κ3) is 3.22. The average molecular weight is 338 g/mol. The van der Waals surface area contributed by atoms with Crippen LogP contribution in [0, 0.1) is 5.92 Å². The van der Waals surface area contributed by atoms with Gasteiger partial charge in [0.05, 0.1) is 18.2 Å². The van der Waals surface area contributed by atoms with Gasteiger partial charge in [-0.05, 0) is 55.9 Å². The molecule has 2 heterocycles. The van der Waals surface area contributed by atoms with Gasteiger partial charge in [-0.2, -0.15) is 0 Å². The number of imidazole rings is 1. The fourth-order valence-corrected chi connectivity index (χ4v) is 3.67. The lowest BCUT2D eigenvalue weighted by atomic mass is 9.86. The van der Waals surface area contributed by atoms with Gasteiger partial charge in [-0.3, -0.25) is 0 Å². The SMILES string of the molecule is COCC1CCC(n2cnc3ncc(-c4ccc(O)cc4)nc32)CC1. The van der Waals surface area contributed by atoms with Gasteiger partial charge in [-0.15, -0.1) is 0 Å². The van der Waals surface area contributed by atoms with Crippen LogP contribution in [-0.2, 0) is 4.74 Å². The molecule has 130 valence electrons. The van der Waals surface area contributed by atoms with Crippen molar-refractivity contribution in [3.63, 3.8) is 0 Å². The Bertz CT molecular complexity index is 851. The minimum Gasteiger partial charge on any atom is -0.508 e. The van der Waals surface area contributed by atoms with Gasteiger partial charge in [-0.1, -0.05) is 0 Å². The molecule has 2 aromatic heterocycles. The maximum atomic E-state index is 9.46. The molecule has 25 heavy (non-hydrogen) atoms. The molecule has 0 atom stereocenters. The molecule has 1 fully saturated rings. The summed E-state index contributed by atoms with van der Waals surface area (Å²) in [4.78, 5) is 13.7. The van der Waals surface area contributed by atoms with Crippen molar-refractivity contribution in [1.82, 2.24) is 19.5 Å². The van der Waals surface area contributed by atoms with Crippen LogP contribution < -0.4 is 0 Å². The Morgan fingerprint density at radius 2 is 1.88 bits per heavy atom. The molecule has 0 aliphatic heterocycles. The number of phenolic OH excluding ortho intramolecular Hbond substituents is 1. The number of aromatic nitrogens is 4. The summed E-state index contributed by atoms with van der Waals surface area (Å²) in [6.07, 6.45) is 8.18. The molecule has 0 radical (unpaired) electrons. The first-order valence-corrected chi connectivity index (χ1v) is 8.72. The number of methoxy groups -OCH3 is 1. The van der Waals surface area contributed by atoms with Crippen molar-refractivity contribution in [2.24, 2.45) is 5.92 Å². The number of ether oxygens (including phenoxy) is 1. The van der Waals surface area contributed by atoms with Gasteiger partial charge in [0.25, 0.3) is 0 Å². The minimum absolute atomic E-state index is 0.246. The Morgan fingerprint density at radius 3 is 2.60 bits per heavy atom. The van der Waals surface area contributed by atoms with E-state index in [4.69, 9.17) is 9.72 Å². The van der Waals surface area contributed by atoms with Crippen molar-refractivity contribution < 1.29 is 9.84 Å². The van der Waals surface area contributed by atoms with E-state index in [-0.39, 0.29) is 5.75 Å². The van der Waals surface area contributed by atoms with Crippen LogP contribution in [0.15, 0.2) is 36.8 Å². The average Bonchev–Trinajstić information content (AvgIpc) is 3.06. The van der Waals surface area contributed by atoms with E-state index in [1.54, 1.807) is 25.4 Å². The smallest absolute Gasteiger partial charge is 0.197 e. The molecule has 6 nitrogen and oxygen atoms in total. The first-order valence-electron chi connectivity index (χ1n) is 8.72. The summed E-state index contributed by atoms with van der Waals surface area (Å²) in [6, 6.07) is 7.44. The second-order valence-electron chi connectivity index (χ2n) is 6.73. The second-order valence-corrected chi connectivity index (χ2v) is 6.73. The molecule has 1 aromatic carbocycles. The highest BCUT2D eigenvalue weighted by atomic mass is 16.5. The lowest BCUT2D eigenvalue weighted by Gasteiger charge is -2.28. The molecule has 1 aliphatic carbocycles. The summed E-state index contributed by atoms with van der Waals surface area (Å²) in [5, 5.41) is 9.46. The fourth-order valence-electron chi connectivity index (χ4n) is 3.67. The number of phenols is 1. The molecule has 6 heteroatoms. The highest BCUT2D eigenvalue weighted by Crippen LogP contribution is 2.34. The Labute approximate surface area is 146 Å². The standard InChI is InChI=1S/C19H22N4O2/c1-25-11-13-2-6-15(7-3-13)23-12-21-18-19(23)22-17(10-20-18)14-4-8-16(24)9-5-14/h4-5,8-10,12-13,15,24H,2-3,6-7,11H2,1H3. The number of rotatable bonds is 4. The number of aromatic hydroxyl groups is 1. The first kappa shape index (κ1) is 16.0. The monoisotopic (exact) mass is 338 g/mol. The van der Waals surface area contributed by atoms with Crippen LogP contribution in [0.2, 0.25) is 0 Å². The van der Waals surface area contributed by atoms with E-state index in [0.29, 0.717) is 17.6 Å². The van der Waals surface area contributed by atoms with Gasteiger partial charge < -0.3 is 14.4 Å². The number of fused-ring (bicyclic) bond motifs is 1. The normalized spacial score (nSPS) is 20.8. The number of nitrogens with zero attached hydrogens (tertiary/aromatic N) is 4. The van der Waals surface area contributed by atoms with E-state index < -0.39 is 0 Å². The first-order chi connectivity index (χ1) is 12.2. The third-order valence-corrected chi connectivity index (χ3v) is 5.06. The van der Waals surface area contributed by atoms with Crippen molar-refractivity contribution in [3.8, 4) is 17.0 Å². The zero-order valence-corrected chi connectivity index (χ0v) is 14.3. The predicted molar refractivity (Wildman–Crippen MR) is 95.3 cm³/mol. The van der Waals surface area contributed by atoms with Crippen LogP contribution in [0.25, 0.3) is 22.6 Å². The molecular weight excluding hydrogens is 316 g/mol. The van der Waals surface area contributed by atoms with Crippen molar-refractivity contribution in [1.29, 1.82) is 0 Å². The maximum Gasteiger partial charge on any atom is 0.197 e. The third-order valence-electron chi connectivity index (χ3n) is 5.06. The van der Waals surface area contributed by atoms with Gasteiger partial charge >= 0.3 is 0 Å². The van der Waals surface area contributed by atoms with E-state index in [9.17, 15) is 5.11 Å².